The van der Waals surface area contributed by atoms with E-state index in [0.29, 0.717) is 11.3 Å². The lowest BCUT2D eigenvalue weighted by Gasteiger charge is -2.18. The van der Waals surface area contributed by atoms with Gasteiger partial charge < -0.3 is 20.6 Å². The SMILES string of the molecule is CC(=O)NCCC(O)C(O)c1ccc(CC(=O)O)nc1. The first-order valence-electron chi connectivity index (χ1n) is 6.17. The van der Waals surface area contributed by atoms with E-state index in [1.165, 1.54) is 25.3 Å². The molecule has 0 aliphatic carbocycles. The van der Waals surface area contributed by atoms with Crippen molar-refractivity contribution in [2.75, 3.05) is 6.54 Å². The summed E-state index contributed by atoms with van der Waals surface area (Å²) in [5.41, 5.74) is 0.774. The molecule has 0 aliphatic rings. The Morgan fingerprint density at radius 3 is 2.55 bits per heavy atom. The molecule has 7 heteroatoms. The number of pyridine rings is 1. The van der Waals surface area contributed by atoms with Gasteiger partial charge in [-0.3, -0.25) is 14.6 Å². The van der Waals surface area contributed by atoms with Gasteiger partial charge in [-0.15, -0.1) is 0 Å². The standard InChI is InChI=1S/C13H18N2O5/c1-8(16)14-5-4-11(17)13(20)9-2-3-10(15-7-9)6-12(18)19/h2-3,7,11,13,17,20H,4-6H2,1H3,(H,14,16)(H,18,19). The number of carboxylic acid groups (broad SMARTS) is 1. The van der Waals surface area contributed by atoms with Crippen molar-refractivity contribution in [1.82, 2.24) is 10.3 Å². The van der Waals surface area contributed by atoms with Crippen LogP contribution in [0.2, 0.25) is 0 Å². The summed E-state index contributed by atoms with van der Waals surface area (Å²) < 4.78 is 0. The Labute approximate surface area is 116 Å². The van der Waals surface area contributed by atoms with E-state index < -0.39 is 18.2 Å². The van der Waals surface area contributed by atoms with Crippen LogP contribution < -0.4 is 5.32 Å². The predicted octanol–water partition coefficient (Wildman–Crippen LogP) is -0.371. The lowest BCUT2D eigenvalue weighted by molar-refractivity contribution is -0.136. The summed E-state index contributed by atoms with van der Waals surface area (Å²) in [7, 11) is 0. The fourth-order valence-electron chi connectivity index (χ4n) is 1.65. The quantitative estimate of drug-likeness (QED) is 0.541. The van der Waals surface area contributed by atoms with Crippen molar-refractivity contribution in [2.45, 2.75) is 32.0 Å². The van der Waals surface area contributed by atoms with E-state index in [0.717, 1.165) is 0 Å². The summed E-state index contributed by atoms with van der Waals surface area (Å²) in [6.45, 7) is 1.63. The molecule has 1 heterocycles. The molecule has 7 nitrogen and oxygen atoms in total. The van der Waals surface area contributed by atoms with Crippen molar-refractivity contribution in [3.05, 3.63) is 29.6 Å². The largest absolute Gasteiger partial charge is 0.481 e. The molecule has 0 spiro atoms. The van der Waals surface area contributed by atoms with E-state index in [-0.39, 0.29) is 25.3 Å². The van der Waals surface area contributed by atoms with Crippen LogP contribution in [0.5, 0.6) is 0 Å². The lowest BCUT2D eigenvalue weighted by Crippen LogP contribution is -2.27. The minimum Gasteiger partial charge on any atom is -0.481 e. The first-order chi connectivity index (χ1) is 9.40. The van der Waals surface area contributed by atoms with E-state index in [1.807, 2.05) is 0 Å². The van der Waals surface area contributed by atoms with Crippen molar-refractivity contribution in [3.8, 4) is 0 Å². The Morgan fingerprint density at radius 1 is 1.35 bits per heavy atom. The zero-order valence-corrected chi connectivity index (χ0v) is 11.1. The third kappa shape index (κ3) is 5.33. The van der Waals surface area contributed by atoms with Crippen molar-refractivity contribution < 1.29 is 24.9 Å². The second kappa shape index (κ2) is 7.56. The van der Waals surface area contributed by atoms with Crippen molar-refractivity contribution in [1.29, 1.82) is 0 Å². The van der Waals surface area contributed by atoms with Gasteiger partial charge >= 0.3 is 5.97 Å². The molecule has 1 rings (SSSR count). The molecule has 0 aliphatic heterocycles. The van der Waals surface area contributed by atoms with Gasteiger partial charge in [0.15, 0.2) is 0 Å². The lowest BCUT2D eigenvalue weighted by atomic mass is 10.0. The van der Waals surface area contributed by atoms with Crippen LogP contribution in [0.3, 0.4) is 0 Å². The Hall–Kier alpha value is -1.99. The van der Waals surface area contributed by atoms with E-state index in [2.05, 4.69) is 10.3 Å². The Balaban J connectivity index is 2.55. The van der Waals surface area contributed by atoms with Gasteiger partial charge in [0.2, 0.25) is 5.91 Å². The minimum absolute atomic E-state index is 0.193. The van der Waals surface area contributed by atoms with Gasteiger partial charge in [0, 0.05) is 25.2 Å². The molecule has 0 fully saturated rings. The maximum Gasteiger partial charge on any atom is 0.309 e. The summed E-state index contributed by atoms with van der Waals surface area (Å²) in [6, 6.07) is 3.02. The molecule has 0 aromatic carbocycles. The number of rotatable bonds is 7. The average Bonchev–Trinajstić information content (AvgIpc) is 2.37. The van der Waals surface area contributed by atoms with Gasteiger partial charge in [0.05, 0.1) is 18.2 Å². The van der Waals surface area contributed by atoms with Crippen LogP contribution in [0.25, 0.3) is 0 Å². The van der Waals surface area contributed by atoms with Crippen LogP contribution in [0.4, 0.5) is 0 Å². The maximum absolute atomic E-state index is 10.7. The summed E-state index contributed by atoms with van der Waals surface area (Å²) in [5, 5.41) is 30.8. The van der Waals surface area contributed by atoms with E-state index in [4.69, 9.17) is 5.11 Å². The topological polar surface area (TPSA) is 120 Å². The molecule has 2 unspecified atom stereocenters. The number of carbonyl (C=O) groups excluding carboxylic acids is 1. The Bertz CT molecular complexity index is 460. The van der Waals surface area contributed by atoms with Crippen LogP contribution in [-0.2, 0) is 16.0 Å². The molecule has 110 valence electrons. The highest BCUT2D eigenvalue weighted by molar-refractivity contribution is 5.72. The van der Waals surface area contributed by atoms with Crippen LogP contribution in [0.15, 0.2) is 18.3 Å². The van der Waals surface area contributed by atoms with Gasteiger partial charge in [-0.25, -0.2) is 0 Å². The number of hydrogen-bond acceptors (Lipinski definition) is 5. The van der Waals surface area contributed by atoms with Gasteiger partial charge in [-0.2, -0.15) is 0 Å². The number of aliphatic hydroxyl groups excluding tert-OH is 2. The molecular formula is C13H18N2O5. The molecule has 0 bridgehead atoms. The zero-order chi connectivity index (χ0) is 15.1. The first-order valence-corrected chi connectivity index (χ1v) is 6.17. The van der Waals surface area contributed by atoms with Crippen LogP contribution in [0.1, 0.15) is 30.7 Å². The summed E-state index contributed by atoms with van der Waals surface area (Å²) in [5.74, 6) is -1.19. The van der Waals surface area contributed by atoms with Gasteiger partial charge in [-0.05, 0) is 12.5 Å². The zero-order valence-electron chi connectivity index (χ0n) is 11.1. The fourth-order valence-corrected chi connectivity index (χ4v) is 1.65. The van der Waals surface area contributed by atoms with E-state index >= 15 is 0 Å². The number of hydrogen-bond donors (Lipinski definition) is 4. The highest BCUT2D eigenvalue weighted by atomic mass is 16.4. The molecular weight excluding hydrogens is 264 g/mol. The third-order valence-electron chi connectivity index (χ3n) is 2.70. The Morgan fingerprint density at radius 2 is 2.05 bits per heavy atom. The minimum atomic E-state index is -1.13. The number of nitrogens with one attached hydrogen (secondary N) is 1. The van der Waals surface area contributed by atoms with Crippen molar-refractivity contribution >= 4 is 11.9 Å². The van der Waals surface area contributed by atoms with Crippen LogP contribution in [0, 0.1) is 0 Å². The van der Waals surface area contributed by atoms with Gasteiger partial charge in [0.25, 0.3) is 0 Å². The molecule has 2 atom stereocenters. The number of nitrogens with zero attached hydrogens (tertiary/aromatic N) is 1. The first kappa shape index (κ1) is 16.1. The monoisotopic (exact) mass is 282 g/mol. The van der Waals surface area contributed by atoms with Crippen LogP contribution >= 0.6 is 0 Å². The van der Waals surface area contributed by atoms with Crippen LogP contribution in [-0.4, -0.2) is 44.8 Å². The van der Waals surface area contributed by atoms with Gasteiger partial charge in [0.1, 0.15) is 6.10 Å². The molecule has 1 aromatic rings. The number of carbonyl (C=O) groups is 2. The fraction of sp³-hybridized carbons (Fsp3) is 0.462. The van der Waals surface area contributed by atoms with Crippen molar-refractivity contribution in [3.63, 3.8) is 0 Å². The van der Waals surface area contributed by atoms with E-state index in [9.17, 15) is 19.8 Å². The van der Waals surface area contributed by atoms with Crippen molar-refractivity contribution in [2.24, 2.45) is 0 Å². The normalized spacial score (nSPS) is 13.6. The molecule has 0 saturated carbocycles. The molecule has 1 amide bonds. The second-order valence-electron chi connectivity index (χ2n) is 4.44. The number of aliphatic hydroxyl groups is 2. The number of amides is 1. The summed E-state index contributed by atoms with van der Waals surface area (Å²) in [4.78, 5) is 25.1. The molecule has 0 saturated heterocycles. The summed E-state index contributed by atoms with van der Waals surface area (Å²) >= 11 is 0. The number of aliphatic carboxylic acids is 1. The molecule has 1 aromatic heterocycles. The Kier molecular flexibility index (Phi) is 6.08. The molecule has 20 heavy (non-hydrogen) atoms. The number of carboxylic acids is 1. The number of aromatic nitrogens is 1. The highest BCUT2D eigenvalue weighted by Gasteiger charge is 2.18. The third-order valence-corrected chi connectivity index (χ3v) is 2.70. The predicted molar refractivity (Wildman–Crippen MR) is 69.8 cm³/mol. The summed E-state index contributed by atoms with van der Waals surface area (Å²) in [6.07, 6.45) is -0.812. The molecule has 4 N–H and O–H groups in total. The smallest absolute Gasteiger partial charge is 0.309 e. The van der Waals surface area contributed by atoms with E-state index in [1.54, 1.807) is 0 Å². The second-order valence-corrected chi connectivity index (χ2v) is 4.44. The highest BCUT2D eigenvalue weighted by Crippen LogP contribution is 2.18. The maximum atomic E-state index is 10.7. The molecule has 0 radical (unpaired) electrons. The van der Waals surface area contributed by atoms with Gasteiger partial charge in [-0.1, -0.05) is 6.07 Å². The average molecular weight is 282 g/mol.